The van der Waals surface area contributed by atoms with E-state index in [4.69, 9.17) is 5.73 Å². The number of rotatable bonds is 2. The fourth-order valence-corrected chi connectivity index (χ4v) is 1.83. The number of thioether (sulfide) groups is 1. The second kappa shape index (κ2) is 4.69. The monoisotopic (exact) mass is 280 g/mol. The molecule has 0 fully saturated rings. The van der Waals surface area contributed by atoms with Crippen LogP contribution < -0.4 is 11.4 Å². The average molecular weight is 280 g/mol. The molecule has 2 aromatic rings. The Morgan fingerprint density at radius 1 is 1.37 bits per heavy atom. The fraction of sp³-hybridized carbons (Fsp3) is 0.455. The number of aromatic nitrogens is 5. The number of nitrogens with two attached hydrogens (primary N) is 1. The van der Waals surface area contributed by atoms with E-state index in [9.17, 15) is 4.79 Å². The lowest BCUT2D eigenvalue weighted by atomic mass is 9.92. The van der Waals surface area contributed by atoms with Gasteiger partial charge in [0.25, 0.3) is 0 Å². The molecule has 19 heavy (non-hydrogen) atoms. The van der Waals surface area contributed by atoms with Crippen LogP contribution in [0.1, 0.15) is 26.5 Å². The summed E-state index contributed by atoms with van der Waals surface area (Å²) in [7, 11) is 0. The maximum atomic E-state index is 11.5. The highest BCUT2D eigenvalue weighted by molar-refractivity contribution is 7.98. The van der Waals surface area contributed by atoms with E-state index in [2.05, 4.69) is 20.1 Å². The third-order valence-electron chi connectivity index (χ3n) is 2.51. The molecule has 0 aliphatic rings. The molecule has 3 N–H and O–H groups in total. The van der Waals surface area contributed by atoms with Gasteiger partial charge in [-0.15, -0.1) is 0 Å². The second-order valence-electron chi connectivity index (χ2n) is 5.08. The predicted octanol–water partition coefficient (Wildman–Crippen LogP) is 0.952. The van der Waals surface area contributed by atoms with Crippen LogP contribution in [0.4, 0.5) is 5.82 Å². The van der Waals surface area contributed by atoms with E-state index in [0.29, 0.717) is 11.0 Å². The molecule has 102 valence electrons. The van der Waals surface area contributed by atoms with Crippen LogP contribution in [0, 0.1) is 0 Å². The van der Waals surface area contributed by atoms with Gasteiger partial charge in [-0.05, 0) is 6.26 Å². The maximum absolute atomic E-state index is 11.5. The van der Waals surface area contributed by atoms with Gasteiger partial charge in [-0.3, -0.25) is 4.98 Å². The number of hydrogen-bond acceptors (Lipinski definition) is 6. The van der Waals surface area contributed by atoms with E-state index >= 15 is 0 Å². The molecule has 0 aliphatic heterocycles. The van der Waals surface area contributed by atoms with Crippen molar-refractivity contribution in [2.45, 2.75) is 31.3 Å². The molecule has 7 nitrogen and oxygen atoms in total. The first-order valence-corrected chi connectivity index (χ1v) is 6.92. The van der Waals surface area contributed by atoms with Crippen molar-refractivity contribution < 1.29 is 0 Å². The molecule has 0 aliphatic carbocycles. The van der Waals surface area contributed by atoms with Gasteiger partial charge < -0.3 is 5.73 Å². The molecular formula is C11H16N6OS. The maximum Gasteiger partial charge on any atom is 0.350 e. The Bertz CT molecular complexity index is 654. The predicted molar refractivity (Wildman–Crippen MR) is 74.7 cm³/mol. The van der Waals surface area contributed by atoms with Crippen molar-refractivity contribution in [2.24, 2.45) is 0 Å². The van der Waals surface area contributed by atoms with Gasteiger partial charge in [-0.25, -0.2) is 4.79 Å². The number of nitrogens with one attached hydrogen (secondary N) is 1. The lowest BCUT2D eigenvalue weighted by Crippen LogP contribution is -2.19. The topological polar surface area (TPSA) is 102 Å². The van der Waals surface area contributed by atoms with Crippen LogP contribution in [-0.2, 0) is 5.41 Å². The van der Waals surface area contributed by atoms with Crippen LogP contribution in [0.25, 0.3) is 5.95 Å². The Balaban J connectivity index is 2.56. The van der Waals surface area contributed by atoms with E-state index in [1.807, 2.05) is 20.8 Å². The summed E-state index contributed by atoms with van der Waals surface area (Å²) in [6.45, 7) is 6.11. The van der Waals surface area contributed by atoms with Gasteiger partial charge in [0.1, 0.15) is 5.82 Å². The van der Waals surface area contributed by atoms with Crippen LogP contribution in [0.2, 0.25) is 0 Å². The van der Waals surface area contributed by atoms with E-state index in [-0.39, 0.29) is 11.4 Å². The van der Waals surface area contributed by atoms with E-state index < -0.39 is 5.69 Å². The summed E-state index contributed by atoms with van der Waals surface area (Å²) in [4.78, 5) is 21.9. The van der Waals surface area contributed by atoms with Crippen LogP contribution in [-0.4, -0.2) is 31.0 Å². The zero-order valence-electron chi connectivity index (χ0n) is 11.3. The number of nitrogens with zero attached hydrogens (tertiary/aromatic N) is 4. The summed E-state index contributed by atoms with van der Waals surface area (Å²) < 4.78 is 1.42. The summed E-state index contributed by atoms with van der Waals surface area (Å²) in [6.07, 6.45) is 1.80. The van der Waals surface area contributed by atoms with Crippen LogP contribution in [0.3, 0.4) is 0 Å². The zero-order valence-corrected chi connectivity index (χ0v) is 12.1. The molecule has 0 bridgehead atoms. The summed E-state index contributed by atoms with van der Waals surface area (Å²) in [6, 6.07) is 1.78. The van der Waals surface area contributed by atoms with Crippen molar-refractivity contribution in [3.63, 3.8) is 0 Å². The number of anilines is 1. The largest absolute Gasteiger partial charge is 0.383 e. The summed E-state index contributed by atoms with van der Waals surface area (Å²) >= 11 is 1.29. The highest BCUT2D eigenvalue weighted by Gasteiger charge is 2.20. The Morgan fingerprint density at radius 3 is 2.58 bits per heavy atom. The van der Waals surface area contributed by atoms with Gasteiger partial charge in [0.2, 0.25) is 5.95 Å². The minimum Gasteiger partial charge on any atom is -0.383 e. The highest BCUT2D eigenvalue weighted by Crippen LogP contribution is 2.23. The van der Waals surface area contributed by atoms with Crippen molar-refractivity contribution in [2.75, 3.05) is 12.0 Å². The quantitative estimate of drug-likeness (QED) is 0.794. The first-order valence-electron chi connectivity index (χ1n) is 5.70. The molecule has 0 atom stereocenters. The SMILES string of the molecule is CSc1nc(-n2nc(C(C)(C)C)cc2N)[nH]c(=O)n1. The molecule has 8 heteroatoms. The Kier molecular flexibility index (Phi) is 3.36. The minimum absolute atomic E-state index is 0.130. The van der Waals surface area contributed by atoms with Gasteiger partial charge in [0, 0.05) is 11.5 Å². The van der Waals surface area contributed by atoms with Crippen molar-refractivity contribution in [1.82, 2.24) is 24.7 Å². The number of aromatic amines is 1. The normalized spacial score (nSPS) is 11.8. The summed E-state index contributed by atoms with van der Waals surface area (Å²) in [5.41, 5.74) is 6.15. The molecule has 0 radical (unpaired) electrons. The van der Waals surface area contributed by atoms with Gasteiger partial charge >= 0.3 is 5.69 Å². The van der Waals surface area contributed by atoms with Crippen molar-refractivity contribution in [3.05, 3.63) is 22.2 Å². The standard InChI is InChI=1S/C11H16N6OS/c1-11(2,3)6-5-7(12)17(16-6)8-13-9(18)15-10(14-8)19-4/h5H,12H2,1-4H3,(H,13,14,15,18). The summed E-state index contributed by atoms with van der Waals surface area (Å²) in [5, 5.41) is 4.77. The molecule has 0 spiro atoms. The second-order valence-corrected chi connectivity index (χ2v) is 5.85. The first-order chi connectivity index (χ1) is 8.81. The van der Waals surface area contributed by atoms with Gasteiger partial charge in [-0.1, -0.05) is 32.5 Å². The number of nitrogen functional groups attached to an aromatic ring is 1. The highest BCUT2D eigenvalue weighted by atomic mass is 32.2. The lowest BCUT2D eigenvalue weighted by Gasteiger charge is -2.13. The van der Waals surface area contributed by atoms with E-state index in [1.165, 1.54) is 16.4 Å². The molecule has 0 unspecified atom stereocenters. The van der Waals surface area contributed by atoms with Crippen molar-refractivity contribution >= 4 is 17.6 Å². The third-order valence-corrected chi connectivity index (χ3v) is 3.05. The lowest BCUT2D eigenvalue weighted by molar-refractivity contribution is 0.557. The number of hydrogen-bond donors (Lipinski definition) is 2. The molecule has 2 rings (SSSR count). The van der Waals surface area contributed by atoms with Crippen LogP contribution >= 0.6 is 11.8 Å². The van der Waals surface area contributed by atoms with Gasteiger partial charge in [0.15, 0.2) is 5.16 Å². The van der Waals surface area contributed by atoms with Crippen molar-refractivity contribution in [3.8, 4) is 5.95 Å². The fourth-order valence-electron chi connectivity index (χ4n) is 1.48. The third kappa shape index (κ3) is 2.78. The zero-order chi connectivity index (χ0) is 14.2. The molecule has 0 saturated heterocycles. The van der Waals surface area contributed by atoms with Crippen LogP contribution in [0.5, 0.6) is 0 Å². The number of H-pyrrole nitrogens is 1. The molecule has 2 aromatic heterocycles. The molecule has 2 heterocycles. The molecule has 0 aromatic carbocycles. The van der Waals surface area contributed by atoms with Gasteiger partial charge in [-0.2, -0.15) is 19.7 Å². The Hall–Kier alpha value is -1.83. The minimum atomic E-state index is -0.471. The van der Waals surface area contributed by atoms with Gasteiger partial charge in [0.05, 0.1) is 5.69 Å². The Labute approximate surface area is 114 Å². The molecule has 0 saturated carbocycles. The smallest absolute Gasteiger partial charge is 0.350 e. The molecular weight excluding hydrogens is 264 g/mol. The first kappa shape index (κ1) is 13.6. The Morgan fingerprint density at radius 2 is 2.05 bits per heavy atom. The van der Waals surface area contributed by atoms with Crippen molar-refractivity contribution in [1.29, 1.82) is 0 Å². The van der Waals surface area contributed by atoms with E-state index in [0.717, 1.165) is 5.69 Å². The molecule has 0 amide bonds. The van der Waals surface area contributed by atoms with Crippen LogP contribution in [0.15, 0.2) is 16.0 Å². The van der Waals surface area contributed by atoms with E-state index in [1.54, 1.807) is 12.3 Å². The average Bonchev–Trinajstić information content (AvgIpc) is 2.70. The summed E-state index contributed by atoms with van der Waals surface area (Å²) in [5.74, 6) is 0.698.